The summed E-state index contributed by atoms with van der Waals surface area (Å²) in [7, 11) is 0. The molecule has 0 radical (unpaired) electrons. The Morgan fingerprint density at radius 3 is 2.23 bits per heavy atom. The summed E-state index contributed by atoms with van der Waals surface area (Å²) in [6, 6.07) is 21.6. The number of carbonyl (C=O) groups excluding carboxylic acids is 2. The lowest BCUT2D eigenvalue weighted by atomic mass is 10.0. The van der Waals surface area contributed by atoms with Gasteiger partial charge in [-0.2, -0.15) is 0 Å². The Balaban J connectivity index is 1.75. The Morgan fingerprint density at radius 2 is 1.55 bits per heavy atom. The molecule has 31 heavy (non-hydrogen) atoms. The molecule has 0 aliphatic rings. The van der Waals surface area contributed by atoms with Crippen molar-refractivity contribution in [3.8, 4) is 0 Å². The lowest BCUT2D eigenvalue weighted by Crippen LogP contribution is -2.47. The highest BCUT2D eigenvalue weighted by atomic mass is 35.5. The number of rotatable bonds is 7. The summed E-state index contributed by atoms with van der Waals surface area (Å²) in [5.41, 5.74) is 3.22. The van der Waals surface area contributed by atoms with Crippen LogP contribution in [0.25, 0.3) is 0 Å². The van der Waals surface area contributed by atoms with Crippen LogP contribution in [0.4, 0.5) is 5.69 Å². The van der Waals surface area contributed by atoms with Crippen LogP contribution < -0.4 is 10.6 Å². The second-order valence-corrected chi connectivity index (χ2v) is 8.45. The van der Waals surface area contributed by atoms with Crippen LogP contribution in [0.1, 0.15) is 35.3 Å². The topological polar surface area (TPSA) is 58.2 Å². The maximum absolute atomic E-state index is 13.1. The summed E-state index contributed by atoms with van der Waals surface area (Å²) >= 11 is 11.9. The zero-order valence-corrected chi connectivity index (χ0v) is 18.9. The Bertz CT molecular complexity index is 1070. The summed E-state index contributed by atoms with van der Waals surface area (Å²) in [5.74, 6) is -0.776. The van der Waals surface area contributed by atoms with Crippen molar-refractivity contribution in [1.29, 1.82) is 0 Å². The molecule has 6 heteroatoms. The van der Waals surface area contributed by atoms with Gasteiger partial charge in [-0.25, -0.2) is 0 Å². The van der Waals surface area contributed by atoms with Gasteiger partial charge in [0, 0.05) is 11.3 Å². The normalized spacial score (nSPS) is 11.8. The molecule has 0 saturated carbocycles. The maximum Gasteiger partial charge on any atom is 0.251 e. The number of benzene rings is 3. The third-order valence-electron chi connectivity index (χ3n) is 4.93. The molecule has 160 valence electrons. The highest BCUT2D eigenvalue weighted by Gasteiger charge is 2.25. The van der Waals surface area contributed by atoms with E-state index in [4.69, 9.17) is 23.2 Å². The van der Waals surface area contributed by atoms with Crippen LogP contribution in [0.5, 0.6) is 0 Å². The van der Waals surface area contributed by atoms with E-state index in [0.717, 1.165) is 16.8 Å². The molecule has 3 rings (SSSR count). The summed E-state index contributed by atoms with van der Waals surface area (Å²) in [6.07, 6.45) is 0.694. The van der Waals surface area contributed by atoms with Crippen LogP contribution >= 0.6 is 23.2 Å². The summed E-state index contributed by atoms with van der Waals surface area (Å²) in [4.78, 5) is 25.8. The van der Waals surface area contributed by atoms with Crippen molar-refractivity contribution >= 4 is 40.7 Å². The molecule has 1 unspecified atom stereocenters. The lowest BCUT2D eigenvalue weighted by Gasteiger charge is -2.22. The van der Waals surface area contributed by atoms with Gasteiger partial charge in [0.25, 0.3) is 5.91 Å². The average molecular weight is 455 g/mol. The molecular weight excluding hydrogens is 431 g/mol. The van der Waals surface area contributed by atoms with Crippen LogP contribution in [0.15, 0.2) is 72.8 Å². The second kappa shape index (κ2) is 10.5. The fourth-order valence-corrected chi connectivity index (χ4v) is 3.52. The van der Waals surface area contributed by atoms with E-state index in [1.165, 1.54) is 6.07 Å². The molecule has 0 aliphatic heterocycles. The summed E-state index contributed by atoms with van der Waals surface area (Å²) in [6.45, 7) is 3.77. The minimum Gasteiger partial charge on any atom is -0.340 e. The van der Waals surface area contributed by atoms with E-state index >= 15 is 0 Å². The van der Waals surface area contributed by atoms with E-state index in [0.29, 0.717) is 17.0 Å². The number of amides is 2. The van der Waals surface area contributed by atoms with Gasteiger partial charge in [0.05, 0.1) is 10.0 Å². The number of anilines is 1. The molecule has 4 nitrogen and oxygen atoms in total. The number of hydrogen-bond acceptors (Lipinski definition) is 2. The van der Waals surface area contributed by atoms with Gasteiger partial charge < -0.3 is 10.6 Å². The molecule has 0 heterocycles. The van der Waals surface area contributed by atoms with Crippen molar-refractivity contribution in [2.24, 2.45) is 5.92 Å². The summed E-state index contributed by atoms with van der Waals surface area (Å²) in [5, 5.41) is 6.46. The first kappa shape index (κ1) is 22.9. The minimum atomic E-state index is -0.716. The van der Waals surface area contributed by atoms with Crippen LogP contribution in [0.3, 0.4) is 0 Å². The van der Waals surface area contributed by atoms with Gasteiger partial charge >= 0.3 is 0 Å². The highest BCUT2D eigenvalue weighted by Crippen LogP contribution is 2.23. The molecule has 0 aromatic heterocycles. The zero-order valence-electron chi connectivity index (χ0n) is 17.4. The monoisotopic (exact) mass is 454 g/mol. The first-order chi connectivity index (χ1) is 14.8. The molecular formula is C25H24Cl2N2O2. The third kappa shape index (κ3) is 6.09. The smallest absolute Gasteiger partial charge is 0.251 e. The van der Waals surface area contributed by atoms with Crippen molar-refractivity contribution in [1.82, 2.24) is 5.32 Å². The van der Waals surface area contributed by atoms with E-state index in [-0.39, 0.29) is 22.8 Å². The van der Waals surface area contributed by atoms with Crippen LogP contribution in [-0.2, 0) is 11.2 Å². The van der Waals surface area contributed by atoms with Crippen LogP contribution in [0.2, 0.25) is 10.0 Å². The number of halogens is 2. The van der Waals surface area contributed by atoms with E-state index in [1.54, 1.807) is 12.1 Å². The second-order valence-electron chi connectivity index (χ2n) is 7.63. The Kier molecular flexibility index (Phi) is 7.72. The molecule has 0 fully saturated rings. The zero-order chi connectivity index (χ0) is 22.4. The SMILES string of the molecule is CC(C)C(NC(=O)c1ccc(Cl)c(Cl)c1)C(=O)Nc1ccccc1Cc1ccccc1. The van der Waals surface area contributed by atoms with Gasteiger partial charge in [-0.15, -0.1) is 0 Å². The number of hydrogen-bond donors (Lipinski definition) is 2. The van der Waals surface area contributed by atoms with Crippen molar-refractivity contribution in [2.75, 3.05) is 5.32 Å². The fraction of sp³-hybridized carbons (Fsp3) is 0.200. The molecule has 0 bridgehead atoms. The average Bonchev–Trinajstić information content (AvgIpc) is 2.75. The molecule has 2 N–H and O–H groups in total. The van der Waals surface area contributed by atoms with Gasteiger partial charge in [0.15, 0.2) is 0 Å². The van der Waals surface area contributed by atoms with Crippen molar-refractivity contribution in [3.63, 3.8) is 0 Å². The number of nitrogens with one attached hydrogen (secondary N) is 2. The molecule has 0 aliphatic carbocycles. The predicted octanol–water partition coefficient (Wildman–Crippen LogP) is 5.98. The predicted molar refractivity (Wildman–Crippen MR) is 127 cm³/mol. The van der Waals surface area contributed by atoms with Crippen molar-refractivity contribution in [3.05, 3.63) is 99.5 Å². The van der Waals surface area contributed by atoms with Gasteiger partial charge in [-0.1, -0.05) is 85.6 Å². The van der Waals surface area contributed by atoms with E-state index in [9.17, 15) is 9.59 Å². The molecule has 0 spiro atoms. The first-order valence-electron chi connectivity index (χ1n) is 10.0. The van der Waals surface area contributed by atoms with Gasteiger partial charge in [-0.3, -0.25) is 9.59 Å². The minimum absolute atomic E-state index is 0.118. The molecule has 0 saturated heterocycles. The highest BCUT2D eigenvalue weighted by molar-refractivity contribution is 6.42. The molecule has 3 aromatic carbocycles. The quantitative estimate of drug-likeness (QED) is 0.461. The van der Waals surface area contributed by atoms with Crippen LogP contribution in [0, 0.1) is 5.92 Å². The Labute approximate surface area is 192 Å². The van der Waals surface area contributed by atoms with Gasteiger partial charge in [-0.05, 0) is 47.7 Å². The lowest BCUT2D eigenvalue weighted by molar-refractivity contribution is -0.118. The van der Waals surface area contributed by atoms with Crippen molar-refractivity contribution < 1.29 is 9.59 Å². The molecule has 2 amide bonds. The first-order valence-corrected chi connectivity index (χ1v) is 10.8. The third-order valence-corrected chi connectivity index (χ3v) is 5.67. The number of carbonyl (C=O) groups is 2. The standard InChI is InChI=1S/C25H24Cl2N2O2/c1-16(2)23(29-24(30)19-12-13-20(26)21(27)15-19)25(31)28-22-11-7-6-10-18(22)14-17-8-4-3-5-9-17/h3-13,15-16,23H,14H2,1-2H3,(H,28,31)(H,29,30). The van der Waals surface area contributed by atoms with Crippen LogP contribution in [-0.4, -0.2) is 17.9 Å². The largest absolute Gasteiger partial charge is 0.340 e. The Hall–Kier alpha value is -2.82. The van der Waals surface area contributed by atoms with E-state index in [2.05, 4.69) is 10.6 Å². The molecule has 3 aromatic rings. The van der Waals surface area contributed by atoms with Gasteiger partial charge in [0.2, 0.25) is 5.91 Å². The fourth-order valence-electron chi connectivity index (χ4n) is 3.22. The van der Waals surface area contributed by atoms with Crippen molar-refractivity contribution in [2.45, 2.75) is 26.3 Å². The maximum atomic E-state index is 13.1. The molecule has 1 atom stereocenters. The summed E-state index contributed by atoms with van der Waals surface area (Å²) < 4.78 is 0. The number of para-hydroxylation sites is 1. The Morgan fingerprint density at radius 1 is 0.871 bits per heavy atom. The van der Waals surface area contributed by atoms with Gasteiger partial charge in [0.1, 0.15) is 6.04 Å². The van der Waals surface area contributed by atoms with E-state index < -0.39 is 6.04 Å². The van der Waals surface area contributed by atoms with E-state index in [1.807, 2.05) is 68.4 Å².